The van der Waals surface area contributed by atoms with Crippen molar-refractivity contribution in [3.8, 4) is 0 Å². The van der Waals surface area contributed by atoms with Crippen LogP contribution in [0.1, 0.15) is 11.6 Å². The first-order chi connectivity index (χ1) is 9.54. The van der Waals surface area contributed by atoms with Crippen LogP contribution in [0.25, 0.3) is 0 Å². The zero-order chi connectivity index (χ0) is 16.3. The number of carbonyl (C=O) groups is 2. The Labute approximate surface area is 116 Å². The number of sulfonamides is 1. The number of hydrogen-bond acceptors (Lipinski definition) is 4. The topological polar surface area (TPSA) is 113 Å². The molecule has 0 bridgehead atoms. The summed E-state index contributed by atoms with van der Waals surface area (Å²) in [4.78, 5) is 22.2. The van der Waals surface area contributed by atoms with Crippen LogP contribution < -0.4 is 10.0 Å². The third-order valence-corrected chi connectivity index (χ3v) is 3.25. The maximum absolute atomic E-state index is 12.1. The minimum absolute atomic E-state index is 0.0598. The minimum Gasteiger partial charge on any atom is -0.479 e. The highest BCUT2D eigenvalue weighted by atomic mass is 32.2. The van der Waals surface area contributed by atoms with Gasteiger partial charge in [-0.05, 0) is 5.56 Å². The van der Waals surface area contributed by atoms with Crippen LogP contribution in [-0.2, 0) is 14.8 Å². The molecule has 2 amide bonds. The Morgan fingerprint density at radius 3 is 2.10 bits per heavy atom. The first kappa shape index (κ1) is 16.8. The van der Waals surface area contributed by atoms with Crippen molar-refractivity contribution < 1.29 is 36.3 Å². The molecule has 7 nitrogen and oxygen atoms in total. The van der Waals surface area contributed by atoms with Crippen LogP contribution in [0.3, 0.4) is 0 Å². The summed E-state index contributed by atoms with van der Waals surface area (Å²) in [6.45, 7) is 0. The molecular formula is C10H9F3N2O5S. The number of carboxylic acid groups (broad SMARTS) is 1. The zero-order valence-corrected chi connectivity index (χ0v) is 10.9. The van der Waals surface area contributed by atoms with Crippen molar-refractivity contribution in [2.24, 2.45) is 0 Å². The summed E-state index contributed by atoms with van der Waals surface area (Å²) in [5.41, 5.74) is -5.62. The molecule has 0 spiro atoms. The molecule has 11 heteroatoms. The number of hydrogen-bond donors (Lipinski definition) is 3. The molecule has 0 radical (unpaired) electrons. The second-order valence-electron chi connectivity index (χ2n) is 3.71. The van der Waals surface area contributed by atoms with Gasteiger partial charge >= 0.3 is 27.5 Å². The molecule has 1 rings (SSSR count). The molecule has 0 aromatic heterocycles. The van der Waals surface area contributed by atoms with Crippen molar-refractivity contribution in [3.05, 3.63) is 35.9 Å². The van der Waals surface area contributed by atoms with Gasteiger partial charge in [0.1, 0.15) is 0 Å². The van der Waals surface area contributed by atoms with E-state index in [1.165, 1.54) is 24.3 Å². The lowest BCUT2D eigenvalue weighted by Crippen LogP contribution is -2.47. The predicted molar refractivity (Wildman–Crippen MR) is 63.5 cm³/mol. The van der Waals surface area contributed by atoms with Gasteiger partial charge in [0.15, 0.2) is 6.04 Å². The fourth-order valence-electron chi connectivity index (χ4n) is 1.27. The van der Waals surface area contributed by atoms with Gasteiger partial charge in [-0.1, -0.05) is 30.3 Å². The van der Waals surface area contributed by atoms with Gasteiger partial charge in [0.2, 0.25) is 0 Å². The summed E-state index contributed by atoms with van der Waals surface area (Å²) in [7, 11) is -5.91. The normalized spacial score (nSPS) is 13.3. The summed E-state index contributed by atoms with van der Waals surface area (Å²) < 4.78 is 58.3. The summed E-state index contributed by atoms with van der Waals surface area (Å²) >= 11 is 0. The van der Waals surface area contributed by atoms with Crippen molar-refractivity contribution in [1.82, 2.24) is 10.0 Å². The molecule has 0 aliphatic rings. The number of aliphatic carboxylic acids is 1. The van der Waals surface area contributed by atoms with E-state index < -0.39 is 33.6 Å². The monoisotopic (exact) mass is 326 g/mol. The van der Waals surface area contributed by atoms with Crippen LogP contribution in [0.2, 0.25) is 0 Å². The van der Waals surface area contributed by atoms with Gasteiger partial charge in [0.25, 0.3) is 0 Å². The van der Waals surface area contributed by atoms with Gasteiger partial charge < -0.3 is 10.4 Å². The van der Waals surface area contributed by atoms with Crippen molar-refractivity contribution in [3.63, 3.8) is 0 Å². The molecule has 3 N–H and O–H groups in total. The van der Waals surface area contributed by atoms with E-state index in [4.69, 9.17) is 5.11 Å². The van der Waals surface area contributed by atoms with Crippen LogP contribution >= 0.6 is 0 Å². The summed E-state index contributed by atoms with van der Waals surface area (Å²) in [5.74, 6) is -1.57. The Morgan fingerprint density at radius 1 is 1.14 bits per heavy atom. The fraction of sp³-hybridized carbons (Fsp3) is 0.200. The number of amides is 2. The number of halogens is 3. The Hall–Kier alpha value is -2.30. The molecule has 0 saturated carbocycles. The highest BCUT2D eigenvalue weighted by Crippen LogP contribution is 2.21. The number of benzene rings is 1. The molecule has 21 heavy (non-hydrogen) atoms. The van der Waals surface area contributed by atoms with Crippen LogP contribution in [0, 0.1) is 0 Å². The maximum atomic E-state index is 12.1. The number of alkyl halides is 3. The van der Waals surface area contributed by atoms with Crippen molar-refractivity contribution in [1.29, 1.82) is 0 Å². The van der Waals surface area contributed by atoms with Crippen LogP contribution in [-0.4, -0.2) is 31.0 Å². The Morgan fingerprint density at radius 2 is 1.67 bits per heavy atom. The number of carboxylic acids is 1. The van der Waals surface area contributed by atoms with Gasteiger partial charge in [-0.2, -0.15) is 21.6 Å². The average Bonchev–Trinajstić information content (AvgIpc) is 2.34. The molecular weight excluding hydrogens is 317 g/mol. The number of carbonyl (C=O) groups excluding carboxylic acids is 1. The summed E-state index contributed by atoms with van der Waals surface area (Å²) in [6, 6.07) is 3.54. The lowest BCUT2D eigenvalue weighted by molar-refractivity contribution is -0.139. The average molecular weight is 326 g/mol. The quantitative estimate of drug-likeness (QED) is 0.763. The van der Waals surface area contributed by atoms with E-state index in [9.17, 15) is 31.2 Å². The second kappa shape index (κ2) is 5.99. The SMILES string of the molecule is O=C(NC(C(=O)O)c1ccccc1)NS(=O)(=O)C(F)(F)F. The van der Waals surface area contributed by atoms with Gasteiger partial charge in [-0.15, -0.1) is 0 Å². The molecule has 0 heterocycles. The zero-order valence-electron chi connectivity index (χ0n) is 10.1. The predicted octanol–water partition coefficient (Wildman–Crippen LogP) is 0.961. The fourth-order valence-corrected chi connectivity index (χ4v) is 1.69. The van der Waals surface area contributed by atoms with E-state index in [-0.39, 0.29) is 5.56 Å². The molecule has 1 aromatic carbocycles. The van der Waals surface area contributed by atoms with Crippen molar-refractivity contribution in [2.45, 2.75) is 11.6 Å². The lowest BCUT2D eigenvalue weighted by atomic mass is 10.1. The molecule has 1 unspecified atom stereocenters. The van der Waals surface area contributed by atoms with E-state index in [0.717, 1.165) is 0 Å². The standard InChI is InChI=1S/C10H9F3N2O5S/c11-10(12,13)21(19,20)15-9(18)14-7(8(16)17)6-4-2-1-3-5-6/h1-5,7H,(H,16,17)(H2,14,15,18). The van der Waals surface area contributed by atoms with Gasteiger partial charge in [-0.25, -0.2) is 14.3 Å². The van der Waals surface area contributed by atoms with E-state index in [2.05, 4.69) is 0 Å². The van der Waals surface area contributed by atoms with Crippen LogP contribution in [0.4, 0.5) is 18.0 Å². The first-order valence-corrected chi connectivity index (χ1v) is 6.70. The largest absolute Gasteiger partial charge is 0.516 e. The van der Waals surface area contributed by atoms with Crippen LogP contribution in [0.5, 0.6) is 0 Å². The molecule has 0 aliphatic carbocycles. The Kier molecular flexibility index (Phi) is 4.78. The molecule has 0 fully saturated rings. The maximum Gasteiger partial charge on any atom is 0.516 e. The van der Waals surface area contributed by atoms with Gasteiger partial charge in [0.05, 0.1) is 0 Å². The molecule has 0 saturated heterocycles. The van der Waals surface area contributed by atoms with Crippen LogP contribution in [0.15, 0.2) is 30.3 Å². The van der Waals surface area contributed by atoms with E-state index >= 15 is 0 Å². The number of nitrogens with one attached hydrogen (secondary N) is 2. The minimum atomic E-state index is -5.91. The lowest BCUT2D eigenvalue weighted by Gasteiger charge is -2.16. The number of rotatable bonds is 4. The molecule has 1 atom stereocenters. The highest BCUT2D eigenvalue weighted by Gasteiger charge is 2.47. The Balaban J connectivity index is 2.88. The first-order valence-electron chi connectivity index (χ1n) is 5.22. The van der Waals surface area contributed by atoms with Gasteiger partial charge in [-0.3, -0.25) is 0 Å². The van der Waals surface area contributed by atoms with Crippen molar-refractivity contribution >= 4 is 22.0 Å². The van der Waals surface area contributed by atoms with Crippen molar-refractivity contribution in [2.75, 3.05) is 0 Å². The Bertz CT molecular complexity index is 630. The molecule has 1 aromatic rings. The smallest absolute Gasteiger partial charge is 0.479 e. The summed E-state index contributed by atoms with van der Waals surface area (Å²) in [6.07, 6.45) is 0. The van der Waals surface area contributed by atoms with E-state index in [0.29, 0.717) is 4.72 Å². The second-order valence-corrected chi connectivity index (χ2v) is 5.38. The third-order valence-electron chi connectivity index (χ3n) is 2.19. The highest BCUT2D eigenvalue weighted by molar-refractivity contribution is 7.90. The van der Waals surface area contributed by atoms with E-state index in [1.54, 1.807) is 11.4 Å². The van der Waals surface area contributed by atoms with E-state index in [1.807, 2.05) is 0 Å². The summed E-state index contributed by atoms with van der Waals surface area (Å²) in [5, 5.41) is 10.6. The number of urea groups is 1. The molecule has 116 valence electrons. The van der Waals surface area contributed by atoms with Gasteiger partial charge in [0, 0.05) is 0 Å². The third kappa shape index (κ3) is 4.34. The molecule has 0 aliphatic heterocycles.